The Morgan fingerprint density at radius 1 is 1.50 bits per heavy atom. The Bertz CT molecular complexity index is 501. The molecule has 3 atom stereocenters. The molecule has 0 bridgehead atoms. The Balaban J connectivity index is 1.86. The van der Waals surface area contributed by atoms with Crippen LogP contribution < -0.4 is 11.0 Å². The van der Waals surface area contributed by atoms with Crippen LogP contribution in [0, 0.1) is 0 Å². The molecule has 1 aliphatic heterocycles. The fourth-order valence-electron chi connectivity index (χ4n) is 2.41. The average Bonchev–Trinajstić information content (AvgIpc) is 2.79. The van der Waals surface area contributed by atoms with E-state index < -0.39 is 0 Å². The minimum absolute atomic E-state index is 0.0878. The maximum atomic E-state index is 12.1. The van der Waals surface area contributed by atoms with Crippen LogP contribution >= 0.6 is 0 Å². The van der Waals surface area contributed by atoms with Crippen LogP contribution in [-0.4, -0.2) is 57.3 Å². The molecule has 0 aromatic carbocycles. The number of hydrogen-bond acceptors (Lipinski definition) is 5. The molecule has 112 valence electrons. The minimum Gasteiger partial charge on any atom is -0.373 e. The van der Waals surface area contributed by atoms with Gasteiger partial charge >= 0.3 is 5.69 Å². The van der Waals surface area contributed by atoms with Gasteiger partial charge in [-0.15, -0.1) is 0 Å². The minimum atomic E-state index is -0.377. The number of carbonyl (C=O) groups excluding carboxylic acids is 1. The molecule has 1 saturated heterocycles. The summed E-state index contributed by atoms with van der Waals surface area (Å²) in [5, 5.41) is 8.76. The highest BCUT2D eigenvalue weighted by Crippen LogP contribution is 2.13. The van der Waals surface area contributed by atoms with E-state index in [0.717, 1.165) is 13.1 Å². The van der Waals surface area contributed by atoms with Crippen LogP contribution in [0.4, 0.5) is 0 Å². The SMILES string of the molecule is CC(C(=O)NCc1n[nH]c(=O)[nH]1)N1C[C@@H](C)O[C@@H](C)C1. The van der Waals surface area contributed by atoms with Gasteiger partial charge in [-0.05, 0) is 20.8 Å². The van der Waals surface area contributed by atoms with Crippen molar-refractivity contribution >= 4 is 5.91 Å². The van der Waals surface area contributed by atoms with Gasteiger partial charge in [-0.3, -0.25) is 14.7 Å². The number of aromatic amines is 2. The molecule has 0 aliphatic carbocycles. The fraction of sp³-hybridized carbons (Fsp3) is 0.750. The van der Waals surface area contributed by atoms with Crippen LogP contribution in [0.1, 0.15) is 26.6 Å². The molecule has 8 nitrogen and oxygen atoms in total. The number of H-pyrrole nitrogens is 2. The Kier molecular flexibility index (Phi) is 4.56. The molecule has 1 fully saturated rings. The van der Waals surface area contributed by atoms with Crippen molar-refractivity contribution in [2.24, 2.45) is 0 Å². The molecule has 2 rings (SSSR count). The summed E-state index contributed by atoms with van der Waals surface area (Å²) < 4.78 is 5.65. The van der Waals surface area contributed by atoms with E-state index in [4.69, 9.17) is 4.74 Å². The first-order valence-electron chi connectivity index (χ1n) is 6.76. The summed E-state index contributed by atoms with van der Waals surface area (Å²) in [6, 6.07) is -0.241. The molecule has 0 spiro atoms. The van der Waals surface area contributed by atoms with E-state index in [1.165, 1.54) is 0 Å². The molecule has 8 heteroatoms. The van der Waals surface area contributed by atoms with Crippen LogP contribution in [0.3, 0.4) is 0 Å². The predicted octanol–water partition coefficient (Wildman–Crippen LogP) is -0.788. The summed E-state index contributed by atoms with van der Waals surface area (Å²) in [5.41, 5.74) is -0.377. The number of carbonyl (C=O) groups is 1. The van der Waals surface area contributed by atoms with E-state index in [2.05, 4.69) is 25.4 Å². The van der Waals surface area contributed by atoms with Gasteiger partial charge in [-0.1, -0.05) is 0 Å². The van der Waals surface area contributed by atoms with E-state index in [9.17, 15) is 9.59 Å². The summed E-state index contributed by atoms with van der Waals surface area (Å²) in [6.07, 6.45) is 0.244. The van der Waals surface area contributed by atoms with Crippen molar-refractivity contribution in [3.8, 4) is 0 Å². The highest BCUT2D eigenvalue weighted by atomic mass is 16.5. The van der Waals surface area contributed by atoms with Crippen molar-refractivity contribution in [3.05, 3.63) is 16.3 Å². The summed E-state index contributed by atoms with van der Waals surface area (Å²) >= 11 is 0. The van der Waals surface area contributed by atoms with Gasteiger partial charge in [0.15, 0.2) is 0 Å². The summed E-state index contributed by atoms with van der Waals surface area (Å²) in [6.45, 7) is 7.55. The van der Waals surface area contributed by atoms with Gasteiger partial charge in [-0.2, -0.15) is 5.10 Å². The van der Waals surface area contributed by atoms with Gasteiger partial charge in [0.2, 0.25) is 5.91 Å². The second-order valence-electron chi connectivity index (χ2n) is 5.23. The van der Waals surface area contributed by atoms with Crippen molar-refractivity contribution in [1.29, 1.82) is 0 Å². The molecule has 1 unspecified atom stereocenters. The van der Waals surface area contributed by atoms with Gasteiger partial charge in [0.05, 0.1) is 24.8 Å². The van der Waals surface area contributed by atoms with E-state index in [1.807, 2.05) is 20.8 Å². The molecule has 0 radical (unpaired) electrons. The highest BCUT2D eigenvalue weighted by Gasteiger charge is 2.29. The molecule has 1 aromatic rings. The molecular weight excluding hydrogens is 262 g/mol. The molecule has 1 aliphatic rings. The first-order valence-corrected chi connectivity index (χ1v) is 6.76. The van der Waals surface area contributed by atoms with Gasteiger partial charge in [0, 0.05) is 13.1 Å². The third-order valence-electron chi connectivity index (χ3n) is 3.36. The van der Waals surface area contributed by atoms with Crippen molar-refractivity contribution in [2.75, 3.05) is 13.1 Å². The number of aromatic nitrogens is 3. The average molecular weight is 283 g/mol. The van der Waals surface area contributed by atoms with Crippen molar-refractivity contribution in [2.45, 2.75) is 45.6 Å². The van der Waals surface area contributed by atoms with Crippen molar-refractivity contribution < 1.29 is 9.53 Å². The zero-order valence-electron chi connectivity index (χ0n) is 12.0. The Labute approximate surface area is 116 Å². The van der Waals surface area contributed by atoms with Gasteiger partial charge in [-0.25, -0.2) is 9.89 Å². The number of rotatable bonds is 4. The first kappa shape index (κ1) is 14.7. The second kappa shape index (κ2) is 6.19. The summed E-state index contributed by atoms with van der Waals surface area (Å²) in [4.78, 5) is 27.6. The first-order chi connectivity index (χ1) is 9.45. The van der Waals surface area contributed by atoms with Crippen molar-refractivity contribution in [3.63, 3.8) is 0 Å². The number of amides is 1. The van der Waals surface area contributed by atoms with E-state index >= 15 is 0 Å². The van der Waals surface area contributed by atoms with Crippen molar-refractivity contribution in [1.82, 2.24) is 25.4 Å². The van der Waals surface area contributed by atoms with Gasteiger partial charge < -0.3 is 10.1 Å². The monoisotopic (exact) mass is 283 g/mol. The molecule has 1 aromatic heterocycles. The lowest BCUT2D eigenvalue weighted by Gasteiger charge is -2.38. The second-order valence-corrected chi connectivity index (χ2v) is 5.23. The van der Waals surface area contributed by atoms with Gasteiger partial charge in [0.25, 0.3) is 0 Å². The van der Waals surface area contributed by atoms with E-state index in [1.54, 1.807) is 0 Å². The predicted molar refractivity (Wildman–Crippen MR) is 72.1 cm³/mol. The maximum absolute atomic E-state index is 12.1. The summed E-state index contributed by atoms with van der Waals surface area (Å²) in [7, 11) is 0. The van der Waals surface area contributed by atoms with Crippen LogP contribution in [-0.2, 0) is 16.1 Å². The lowest BCUT2D eigenvalue weighted by molar-refractivity contribution is -0.132. The Morgan fingerprint density at radius 3 is 2.70 bits per heavy atom. The molecule has 1 amide bonds. The Hall–Kier alpha value is -1.67. The molecule has 20 heavy (non-hydrogen) atoms. The third-order valence-corrected chi connectivity index (χ3v) is 3.36. The quantitative estimate of drug-likeness (QED) is 0.672. The smallest absolute Gasteiger partial charge is 0.340 e. The lowest BCUT2D eigenvalue weighted by Crippen LogP contribution is -2.53. The Morgan fingerprint density at radius 2 is 2.15 bits per heavy atom. The summed E-state index contributed by atoms with van der Waals surface area (Å²) in [5.74, 6) is 0.328. The number of nitrogens with zero attached hydrogens (tertiary/aromatic N) is 2. The highest BCUT2D eigenvalue weighted by molar-refractivity contribution is 5.81. The number of hydrogen-bond donors (Lipinski definition) is 3. The standard InChI is InChI=1S/C12H21N5O3/c1-7-5-17(6-8(2)20-7)9(3)11(18)13-4-10-14-12(19)16-15-10/h7-9H,4-6H2,1-3H3,(H,13,18)(H2,14,15,16,19)/t7-,8+,9?. The maximum Gasteiger partial charge on any atom is 0.340 e. The topological polar surface area (TPSA) is 103 Å². The van der Waals surface area contributed by atoms with Crippen LogP contribution in [0.5, 0.6) is 0 Å². The normalized spacial score (nSPS) is 25.4. The van der Waals surface area contributed by atoms with Gasteiger partial charge in [0.1, 0.15) is 5.82 Å². The molecule has 0 saturated carbocycles. The fourth-order valence-corrected chi connectivity index (χ4v) is 2.41. The third kappa shape index (κ3) is 3.67. The van der Waals surface area contributed by atoms with E-state index in [0.29, 0.717) is 5.82 Å². The lowest BCUT2D eigenvalue weighted by atomic mass is 10.1. The number of nitrogens with one attached hydrogen (secondary N) is 3. The largest absolute Gasteiger partial charge is 0.373 e. The molecular formula is C12H21N5O3. The number of ether oxygens (including phenoxy) is 1. The van der Waals surface area contributed by atoms with Crippen LogP contribution in [0.15, 0.2) is 4.79 Å². The molecule has 2 heterocycles. The van der Waals surface area contributed by atoms with Crippen LogP contribution in [0.25, 0.3) is 0 Å². The van der Waals surface area contributed by atoms with E-state index in [-0.39, 0.29) is 36.4 Å². The van der Waals surface area contributed by atoms with Crippen LogP contribution in [0.2, 0.25) is 0 Å². The number of morpholine rings is 1. The zero-order valence-corrected chi connectivity index (χ0v) is 12.0. The zero-order chi connectivity index (χ0) is 14.7. The molecule has 3 N–H and O–H groups in total.